The minimum absolute atomic E-state index is 0.151. The van der Waals surface area contributed by atoms with E-state index in [1.165, 1.54) is 22.2 Å². The lowest BCUT2D eigenvalue weighted by atomic mass is 10.2. The lowest BCUT2D eigenvalue weighted by Gasteiger charge is -2.08. The number of methoxy groups -OCH3 is 1. The maximum Gasteiger partial charge on any atom is 0.271 e. The summed E-state index contributed by atoms with van der Waals surface area (Å²) >= 11 is 1.27. The van der Waals surface area contributed by atoms with E-state index in [0.717, 1.165) is 16.6 Å². The number of anilines is 1. The number of nitrogens with one attached hydrogen (secondary N) is 1. The molecule has 0 bridgehead atoms. The number of aromatic nitrogens is 4. The van der Waals surface area contributed by atoms with E-state index in [0.29, 0.717) is 26.5 Å². The first-order valence-electron chi connectivity index (χ1n) is 9.75. The normalized spacial score (nSPS) is 11.0. The molecule has 0 saturated heterocycles. The first-order valence-corrected chi connectivity index (χ1v) is 10.6. The molecule has 1 amide bonds. The van der Waals surface area contributed by atoms with Gasteiger partial charge in [0, 0.05) is 35.1 Å². The van der Waals surface area contributed by atoms with E-state index in [9.17, 15) is 9.59 Å². The van der Waals surface area contributed by atoms with Gasteiger partial charge in [-0.25, -0.2) is 9.97 Å². The number of ether oxygens (including phenoxy) is 1. The molecule has 0 atom stereocenters. The van der Waals surface area contributed by atoms with Crippen molar-refractivity contribution < 1.29 is 9.53 Å². The van der Waals surface area contributed by atoms with Gasteiger partial charge < -0.3 is 10.1 Å². The number of nitrogens with zero attached hydrogens (tertiary/aromatic N) is 4. The number of rotatable bonds is 5. The summed E-state index contributed by atoms with van der Waals surface area (Å²) in [6.07, 6.45) is 4.85. The maximum absolute atomic E-state index is 13.0. The molecular weight excluding hydrogens is 426 g/mol. The fourth-order valence-corrected chi connectivity index (χ4v) is 4.47. The predicted molar refractivity (Wildman–Crippen MR) is 124 cm³/mol. The van der Waals surface area contributed by atoms with Crippen LogP contribution in [0.3, 0.4) is 0 Å². The Morgan fingerprint density at radius 2 is 2.09 bits per heavy atom. The highest BCUT2D eigenvalue weighted by Gasteiger charge is 2.15. The van der Waals surface area contributed by atoms with E-state index < -0.39 is 0 Å². The Balaban J connectivity index is 1.45. The van der Waals surface area contributed by atoms with Gasteiger partial charge in [0.05, 0.1) is 24.6 Å². The number of fused-ring (bicyclic) bond motifs is 3. The number of carbonyl (C=O) groups excluding carboxylic acids is 1. The zero-order chi connectivity index (χ0) is 22.1. The molecule has 1 N–H and O–H groups in total. The standard InChI is InChI=1S/C23H17N5O3S/c1-31-16-6-2-5-15(10-16)26-19(29)12-28-13-25-20-17-7-8-18(14-4-3-9-24-11-14)27-22(17)32-21(20)23(28)30/h2-11,13H,12H2,1H3,(H,26,29). The molecule has 0 aliphatic heterocycles. The third-order valence-electron chi connectivity index (χ3n) is 4.94. The Kier molecular flexibility index (Phi) is 5.08. The molecule has 0 aliphatic carbocycles. The highest BCUT2D eigenvalue weighted by Crippen LogP contribution is 2.31. The second kappa shape index (κ2) is 8.20. The number of amides is 1. The highest BCUT2D eigenvalue weighted by molar-refractivity contribution is 7.25. The van der Waals surface area contributed by atoms with Gasteiger partial charge in [0.15, 0.2) is 0 Å². The van der Waals surface area contributed by atoms with Gasteiger partial charge in [-0.2, -0.15) is 0 Å². The molecular formula is C23H17N5O3S. The summed E-state index contributed by atoms with van der Waals surface area (Å²) in [5.74, 6) is 0.297. The molecule has 8 nitrogen and oxygen atoms in total. The molecule has 0 spiro atoms. The molecule has 0 unspecified atom stereocenters. The van der Waals surface area contributed by atoms with E-state index in [1.807, 2.05) is 24.3 Å². The Morgan fingerprint density at radius 1 is 1.19 bits per heavy atom. The van der Waals surface area contributed by atoms with Crippen LogP contribution in [0.5, 0.6) is 5.75 Å². The van der Waals surface area contributed by atoms with Crippen LogP contribution in [0.15, 0.2) is 72.0 Å². The van der Waals surface area contributed by atoms with Gasteiger partial charge in [-0.1, -0.05) is 6.07 Å². The molecule has 1 aromatic carbocycles. The van der Waals surface area contributed by atoms with Gasteiger partial charge in [-0.3, -0.25) is 19.1 Å². The van der Waals surface area contributed by atoms with Crippen molar-refractivity contribution in [2.24, 2.45) is 0 Å². The number of carbonyl (C=O) groups is 1. The van der Waals surface area contributed by atoms with E-state index in [2.05, 4.69) is 20.3 Å². The van der Waals surface area contributed by atoms with Gasteiger partial charge in [0.2, 0.25) is 5.91 Å². The van der Waals surface area contributed by atoms with Crippen molar-refractivity contribution in [3.05, 3.63) is 77.6 Å². The SMILES string of the molecule is COc1cccc(NC(=O)Cn2cnc3c(sc4nc(-c5cccnc5)ccc43)c2=O)c1. The lowest BCUT2D eigenvalue weighted by molar-refractivity contribution is -0.116. The van der Waals surface area contributed by atoms with Crippen molar-refractivity contribution in [3.8, 4) is 17.0 Å². The Bertz CT molecular complexity index is 1510. The van der Waals surface area contributed by atoms with Crippen molar-refractivity contribution in [2.45, 2.75) is 6.54 Å². The van der Waals surface area contributed by atoms with Crippen LogP contribution in [0, 0.1) is 0 Å². The molecule has 32 heavy (non-hydrogen) atoms. The zero-order valence-electron chi connectivity index (χ0n) is 17.0. The van der Waals surface area contributed by atoms with Gasteiger partial charge in [0.1, 0.15) is 21.8 Å². The summed E-state index contributed by atoms with van der Waals surface area (Å²) < 4.78 is 6.93. The van der Waals surface area contributed by atoms with Gasteiger partial charge in [-0.15, -0.1) is 11.3 Å². The second-order valence-electron chi connectivity index (χ2n) is 7.03. The number of hydrogen-bond acceptors (Lipinski definition) is 7. The average molecular weight is 443 g/mol. The molecule has 4 heterocycles. The number of thiophene rings is 1. The van der Waals surface area contributed by atoms with E-state index in [-0.39, 0.29) is 18.0 Å². The molecule has 158 valence electrons. The quantitative estimate of drug-likeness (QED) is 0.445. The monoisotopic (exact) mass is 443 g/mol. The minimum Gasteiger partial charge on any atom is -0.497 e. The summed E-state index contributed by atoms with van der Waals surface area (Å²) in [7, 11) is 1.56. The highest BCUT2D eigenvalue weighted by atomic mass is 32.1. The van der Waals surface area contributed by atoms with Crippen LogP contribution in [0.4, 0.5) is 5.69 Å². The Labute approximate surface area is 186 Å². The van der Waals surface area contributed by atoms with Crippen LogP contribution in [0.2, 0.25) is 0 Å². The van der Waals surface area contributed by atoms with Crippen molar-refractivity contribution in [2.75, 3.05) is 12.4 Å². The van der Waals surface area contributed by atoms with E-state index in [4.69, 9.17) is 4.74 Å². The van der Waals surface area contributed by atoms with E-state index in [1.54, 1.807) is 43.8 Å². The number of pyridine rings is 2. The molecule has 4 aromatic heterocycles. The van der Waals surface area contributed by atoms with Crippen molar-refractivity contribution in [1.29, 1.82) is 0 Å². The zero-order valence-corrected chi connectivity index (χ0v) is 17.8. The Hall–Kier alpha value is -4.11. The van der Waals surface area contributed by atoms with E-state index >= 15 is 0 Å². The van der Waals surface area contributed by atoms with Crippen LogP contribution in [-0.4, -0.2) is 32.5 Å². The third-order valence-corrected chi connectivity index (χ3v) is 6.01. The topological polar surface area (TPSA) is 99.0 Å². The summed E-state index contributed by atoms with van der Waals surface area (Å²) in [4.78, 5) is 39.5. The predicted octanol–water partition coefficient (Wildman–Crippen LogP) is 3.72. The summed E-state index contributed by atoms with van der Waals surface area (Å²) in [6.45, 7) is -0.151. The lowest BCUT2D eigenvalue weighted by Crippen LogP contribution is -2.27. The molecule has 0 saturated carbocycles. The third kappa shape index (κ3) is 3.69. The maximum atomic E-state index is 13.0. The van der Waals surface area contributed by atoms with Crippen molar-refractivity contribution >= 4 is 43.4 Å². The van der Waals surface area contributed by atoms with Gasteiger partial charge in [0.25, 0.3) is 5.56 Å². The van der Waals surface area contributed by atoms with Crippen LogP contribution in [0.25, 0.3) is 31.7 Å². The molecule has 0 aliphatic rings. The molecule has 5 rings (SSSR count). The van der Waals surface area contributed by atoms with Crippen LogP contribution < -0.4 is 15.6 Å². The first-order chi connectivity index (χ1) is 15.6. The van der Waals surface area contributed by atoms with Crippen LogP contribution >= 0.6 is 11.3 Å². The summed E-state index contributed by atoms with van der Waals surface area (Å²) in [5.41, 5.74) is 2.57. The second-order valence-corrected chi connectivity index (χ2v) is 8.03. The number of hydrogen-bond donors (Lipinski definition) is 1. The average Bonchev–Trinajstić information content (AvgIpc) is 3.20. The van der Waals surface area contributed by atoms with Crippen LogP contribution in [0.1, 0.15) is 0 Å². The van der Waals surface area contributed by atoms with Crippen molar-refractivity contribution in [1.82, 2.24) is 19.5 Å². The smallest absolute Gasteiger partial charge is 0.271 e. The van der Waals surface area contributed by atoms with Gasteiger partial charge >= 0.3 is 0 Å². The molecule has 5 aromatic rings. The summed E-state index contributed by atoms with van der Waals surface area (Å²) in [6, 6.07) is 14.6. The van der Waals surface area contributed by atoms with Crippen molar-refractivity contribution in [3.63, 3.8) is 0 Å². The Morgan fingerprint density at radius 3 is 2.91 bits per heavy atom. The molecule has 9 heteroatoms. The first kappa shape index (κ1) is 19.8. The summed E-state index contributed by atoms with van der Waals surface area (Å²) in [5, 5.41) is 3.58. The van der Waals surface area contributed by atoms with Gasteiger partial charge in [-0.05, 0) is 36.4 Å². The van der Waals surface area contributed by atoms with Crippen LogP contribution in [-0.2, 0) is 11.3 Å². The fraction of sp³-hybridized carbons (Fsp3) is 0.0870. The molecule has 0 radical (unpaired) electrons. The fourth-order valence-electron chi connectivity index (χ4n) is 3.39. The minimum atomic E-state index is -0.334. The largest absolute Gasteiger partial charge is 0.497 e. The number of benzene rings is 1. The molecule has 0 fully saturated rings.